The maximum absolute atomic E-state index is 11.7. The number of carboxylic acids is 1. The van der Waals surface area contributed by atoms with E-state index in [-0.39, 0.29) is 0 Å². The van der Waals surface area contributed by atoms with Gasteiger partial charge in [-0.15, -0.1) is 0 Å². The molecule has 0 saturated heterocycles. The van der Waals surface area contributed by atoms with E-state index in [1.807, 2.05) is 12.3 Å². The van der Waals surface area contributed by atoms with E-state index in [2.05, 4.69) is 10.6 Å². The number of thioether (sulfide) groups is 1. The van der Waals surface area contributed by atoms with Crippen LogP contribution in [0.2, 0.25) is 5.02 Å². The summed E-state index contributed by atoms with van der Waals surface area (Å²) in [4.78, 5) is 22.6. The average molecular weight is 317 g/mol. The van der Waals surface area contributed by atoms with E-state index in [1.54, 1.807) is 18.2 Å². The number of hydrogen-bond donors (Lipinski definition) is 3. The SMILES string of the molecule is CSCCC(NC(=O)NCc1cccc(Cl)c1)C(=O)O. The Morgan fingerprint density at radius 2 is 2.20 bits per heavy atom. The summed E-state index contributed by atoms with van der Waals surface area (Å²) in [5, 5.41) is 14.6. The van der Waals surface area contributed by atoms with Gasteiger partial charge in [0.1, 0.15) is 6.04 Å². The van der Waals surface area contributed by atoms with Gasteiger partial charge >= 0.3 is 12.0 Å². The summed E-state index contributed by atoms with van der Waals surface area (Å²) in [5.41, 5.74) is 0.851. The molecular formula is C13H17ClN2O3S. The Hall–Kier alpha value is -1.40. The first-order chi connectivity index (χ1) is 9.52. The van der Waals surface area contributed by atoms with Gasteiger partial charge in [-0.1, -0.05) is 23.7 Å². The molecule has 1 aromatic rings. The maximum Gasteiger partial charge on any atom is 0.326 e. The van der Waals surface area contributed by atoms with Crippen LogP contribution < -0.4 is 10.6 Å². The van der Waals surface area contributed by atoms with Crippen molar-refractivity contribution in [3.63, 3.8) is 0 Å². The van der Waals surface area contributed by atoms with E-state index >= 15 is 0 Å². The van der Waals surface area contributed by atoms with Crippen LogP contribution in [-0.2, 0) is 11.3 Å². The third-order valence-electron chi connectivity index (χ3n) is 2.56. The Kier molecular flexibility index (Phi) is 7.25. The lowest BCUT2D eigenvalue weighted by Gasteiger charge is -2.14. The number of carbonyl (C=O) groups excluding carboxylic acids is 1. The Labute approximate surface area is 127 Å². The van der Waals surface area contributed by atoms with Gasteiger partial charge in [0.05, 0.1) is 0 Å². The molecule has 2 amide bonds. The number of aliphatic carboxylic acids is 1. The number of halogens is 1. The fourth-order valence-electron chi connectivity index (χ4n) is 1.53. The highest BCUT2D eigenvalue weighted by Gasteiger charge is 2.18. The van der Waals surface area contributed by atoms with Gasteiger partial charge in [-0.2, -0.15) is 11.8 Å². The second kappa shape index (κ2) is 8.71. The monoisotopic (exact) mass is 316 g/mol. The first-order valence-corrected chi connectivity index (χ1v) is 7.80. The van der Waals surface area contributed by atoms with Crippen molar-refractivity contribution in [1.82, 2.24) is 10.6 Å². The van der Waals surface area contributed by atoms with Gasteiger partial charge < -0.3 is 15.7 Å². The van der Waals surface area contributed by atoms with E-state index in [9.17, 15) is 9.59 Å². The van der Waals surface area contributed by atoms with Crippen LogP contribution in [0.5, 0.6) is 0 Å². The van der Waals surface area contributed by atoms with Crippen molar-refractivity contribution >= 4 is 35.4 Å². The molecular weight excluding hydrogens is 300 g/mol. The van der Waals surface area contributed by atoms with E-state index in [1.165, 1.54) is 11.8 Å². The van der Waals surface area contributed by atoms with E-state index in [4.69, 9.17) is 16.7 Å². The predicted molar refractivity (Wildman–Crippen MR) is 81.2 cm³/mol. The minimum absolute atomic E-state index is 0.293. The van der Waals surface area contributed by atoms with Gasteiger partial charge in [-0.25, -0.2) is 9.59 Å². The van der Waals surface area contributed by atoms with Gasteiger partial charge in [0.2, 0.25) is 0 Å². The number of hydrogen-bond acceptors (Lipinski definition) is 3. The molecule has 1 unspecified atom stereocenters. The van der Waals surface area contributed by atoms with Crippen molar-refractivity contribution < 1.29 is 14.7 Å². The van der Waals surface area contributed by atoms with Crippen molar-refractivity contribution in [2.45, 2.75) is 19.0 Å². The fourth-order valence-corrected chi connectivity index (χ4v) is 2.22. The molecule has 1 rings (SSSR count). The highest BCUT2D eigenvalue weighted by Crippen LogP contribution is 2.10. The summed E-state index contributed by atoms with van der Waals surface area (Å²) < 4.78 is 0. The molecule has 7 heteroatoms. The number of rotatable bonds is 7. The standard InChI is InChI=1S/C13H17ClN2O3S/c1-20-6-5-11(12(17)18)16-13(19)15-8-9-3-2-4-10(14)7-9/h2-4,7,11H,5-6,8H2,1H3,(H,17,18)(H2,15,16,19). The topological polar surface area (TPSA) is 78.4 Å². The lowest BCUT2D eigenvalue weighted by Crippen LogP contribution is -2.46. The molecule has 20 heavy (non-hydrogen) atoms. The molecule has 110 valence electrons. The first kappa shape index (κ1) is 16.7. The van der Waals surface area contributed by atoms with Gasteiger partial charge in [0.25, 0.3) is 0 Å². The molecule has 0 aliphatic heterocycles. The van der Waals surface area contributed by atoms with E-state index < -0.39 is 18.0 Å². The van der Waals surface area contributed by atoms with Crippen molar-refractivity contribution in [2.75, 3.05) is 12.0 Å². The Balaban J connectivity index is 2.43. The number of carboxylic acid groups (broad SMARTS) is 1. The third-order valence-corrected chi connectivity index (χ3v) is 3.44. The lowest BCUT2D eigenvalue weighted by atomic mass is 10.2. The highest BCUT2D eigenvalue weighted by molar-refractivity contribution is 7.98. The number of benzene rings is 1. The van der Waals surface area contributed by atoms with E-state index in [0.29, 0.717) is 23.7 Å². The van der Waals surface area contributed by atoms with Crippen LogP contribution in [0, 0.1) is 0 Å². The summed E-state index contributed by atoms with van der Waals surface area (Å²) in [7, 11) is 0. The van der Waals surface area contributed by atoms with Crippen LogP contribution in [0.15, 0.2) is 24.3 Å². The van der Waals surface area contributed by atoms with Gasteiger partial charge in [-0.05, 0) is 36.1 Å². The van der Waals surface area contributed by atoms with Crippen LogP contribution in [0.1, 0.15) is 12.0 Å². The number of urea groups is 1. The van der Waals surface area contributed by atoms with E-state index in [0.717, 1.165) is 5.56 Å². The van der Waals surface area contributed by atoms with Crippen LogP contribution >= 0.6 is 23.4 Å². The maximum atomic E-state index is 11.7. The Morgan fingerprint density at radius 1 is 1.45 bits per heavy atom. The predicted octanol–water partition coefficient (Wildman–Crippen LogP) is 2.35. The van der Waals surface area contributed by atoms with Crippen molar-refractivity contribution in [2.24, 2.45) is 0 Å². The molecule has 0 aliphatic rings. The third kappa shape index (κ3) is 6.16. The number of carbonyl (C=O) groups is 2. The fraction of sp³-hybridized carbons (Fsp3) is 0.385. The quantitative estimate of drug-likeness (QED) is 0.721. The lowest BCUT2D eigenvalue weighted by molar-refractivity contribution is -0.139. The largest absolute Gasteiger partial charge is 0.480 e. The van der Waals surface area contributed by atoms with Crippen LogP contribution in [-0.4, -0.2) is 35.2 Å². The molecule has 3 N–H and O–H groups in total. The summed E-state index contributed by atoms with van der Waals surface area (Å²) in [6.07, 6.45) is 2.28. The molecule has 0 radical (unpaired) electrons. The highest BCUT2D eigenvalue weighted by atomic mass is 35.5. The van der Waals surface area contributed by atoms with Crippen molar-refractivity contribution in [3.05, 3.63) is 34.9 Å². The van der Waals surface area contributed by atoms with Gasteiger partial charge in [-0.3, -0.25) is 0 Å². The molecule has 5 nitrogen and oxygen atoms in total. The molecule has 0 fully saturated rings. The average Bonchev–Trinajstić information content (AvgIpc) is 2.41. The summed E-state index contributed by atoms with van der Waals surface area (Å²) in [5.74, 6) is -0.358. The molecule has 1 aromatic carbocycles. The summed E-state index contributed by atoms with van der Waals surface area (Å²) in [6, 6.07) is 5.73. The van der Waals surface area contributed by atoms with Crippen LogP contribution in [0.25, 0.3) is 0 Å². The smallest absolute Gasteiger partial charge is 0.326 e. The zero-order valence-electron chi connectivity index (χ0n) is 11.1. The normalized spacial score (nSPS) is 11.7. The molecule has 0 spiro atoms. The number of amides is 2. The molecule has 0 bridgehead atoms. The molecule has 1 atom stereocenters. The second-order valence-electron chi connectivity index (χ2n) is 4.13. The van der Waals surface area contributed by atoms with Crippen LogP contribution in [0.4, 0.5) is 4.79 Å². The zero-order valence-corrected chi connectivity index (χ0v) is 12.6. The van der Waals surface area contributed by atoms with Gasteiger partial charge in [0.15, 0.2) is 0 Å². The molecule has 0 heterocycles. The number of nitrogens with one attached hydrogen (secondary N) is 2. The summed E-state index contributed by atoms with van der Waals surface area (Å²) >= 11 is 7.37. The first-order valence-electron chi connectivity index (χ1n) is 6.03. The molecule has 0 saturated carbocycles. The minimum atomic E-state index is -1.03. The van der Waals surface area contributed by atoms with Crippen molar-refractivity contribution in [3.8, 4) is 0 Å². The Bertz CT molecular complexity index is 471. The second-order valence-corrected chi connectivity index (χ2v) is 5.55. The minimum Gasteiger partial charge on any atom is -0.480 e. The molecule has 0 aliphatic carbocycles. The zero-order chi connectivity index (χ0) is 15.0. The van der Waals surface area contributed by atoms with Crippen molar-refractivity contribution in [1.29, 1.82) is 0 Å². The van der Waals surface area contributed by atoms with Gasteiger partial charge in [0, 0.05) is 11.6 Å². The Morgan fingerprint density at radius 3 is 2.80 bits per heavy atom. The summed E-state index contributed by atoms with van der Waals surface area (Å²) in [6.45, 7) is 0.293. The molecule has 0 aromatic heterocycles. The van der Waals surface area contributed by atoms with Crippen LogP contribution in [0.3, 0.4) is 0 Å².